The van der Waals surface area contributed by atoms with Crippen LogP contribution >= 0.6 is 0 Å². The van der Waals surface area contributed by atoms with E-state index >= 15 is 0 Å². The predicted molar refractivity (Wildman–Crippen MR) is 43.7 cm³/mol. The molecule has 13 heavy (non-hydrogen) atoms. The summed E-state index contributed by atoms with van der Waals surface area (Å²) in [4.78, 5) is 3.71. The Hall–Kier alpha value is -1.23. The predicted octanol–water partition coefficient (Wildman–Crippen LogP) is 1.05. The fourth-order valence-corrected chi connectivity index (χ4v) is 0.680. The molecule has 0 unspecified atom stereocenters. The van der Waals surface area contributed by atoms with Crippen LogP contribution in [0.25, 0.3) is 0 Å². The Morgan fingerprint density at radius 2 is 2.31 bits per heavy atom. The van der Waals surface area contributed by atoms with Crippen LogP contribution in [-0.2, 0) is 0 Å². The molecule has 0 aliphatic carbocycles. The van der Waals surface area contributed by atoms with E-state index in [2.05, 4.69) is 4.98 Å². The van der Waals surface area contributed by atoms with E-state index in [9.17, 15) is 8.78 Å². The first-order chi connectivity index (χ1) is 6.14. The molecule has 0 saturated heterocycles. The summed E-state index contributed by atoms with van der Waals surface area (Å²) >= 11 is 0. The summed E-state index contributed by atoms with van der Waals surface area (Å²) < 4.78 is 29.9. The van der Waals surface area contributed by atoms with Gasteiger partial charge in [0.1, 0.15) is 5.75 Å². The number of aromatic nitrogens is 1. The Labute approximate surface area is 74.5 Å². The average molecular weight is 188 g/mol. The number of alkyl halides is 2. The number of nitrogens with two attached hydrogens (primary N) is 1. The van der Waals surface area contributed by atoms with Crippen LogP contribution in [0.4, 0.5) is 8.78 Å². The molecule has 0 bridgehead atoms. The van der Waals surface area contributed by atoms with Crippen molar-refractivity contribution in [3.05, 3.63) is 24.5 Å². The van der Waals surface area contributed by atoms with Gasteiger partial charge in [0.15, 0.2) is 6.61 Å². The molecule has 1 rings (SSSR count). The lowest BCUT2D eigenvalue weighted by Gasteiger charge is -2.14. The largest absolute Gasteiger partial charge is 0.486 e. The lowest BCUT2D eigenvalue weighted by atomic mass is 10.3. The van der Waals surface area contributed by atoms with E-state index in [1.807, 2.05) is 0 Å². The van der Waals surface area contributed by atoms with Crippen LogP contribution in [0.2, 0.25) is 0 Å². The first kappa shape index (κ1) is 9.85. The van der Waals surface area contributed by atoms with E-state index in [1.54, 1.807) is 12.1 Å². The molecule has 1 aromatic rings. The minimum absolute atomic E-state index is 0.315. The highest BCUT2D eigenvalue weighted by molar-refractivity contribution is 5.15. The quantitative estimate of drug-likeness (QED) is 0.768. The Morgan fingerprint density at radius 1 is 1.54 bits per heavy atom. The van der Waals surface area contributed by atoms with E-state index in [0.29, 0.717) is 5.75 Å². The smallest absolute Gasteiger partial charge is 0.293 e. The van der Waals surface area contributed by atoms with Crippen LogP contribution in [0.3, 0.4) is 0 Å². The molecule has 0 fully saturated rings. The number of nitrogens with zero attached hydrogens (tertiary/aromatic N) is 1. The van der Waals surface area contributed by atoms with Gasteiger partial charge in [-0.2, -0.15) is 0 Å². The molecule has 0 aromatic carbocycles. The SMILES string of the molecule is NCC(F)(F)COc1cccnc1. The number of ether oxygens (including phenoxy) is 1. The summed E-state index contributed by atoms with van der Waals surface area (Å²) in [6, 6.07) is 3.16. The average Bonchev–Trinajstić information content (AvgIpc) is 2.17. The van der Waals surface area contributed by atoms with Gasteiger partial charge in [0, 0.05) is 6.20 Å². The topological polar surface area (TPSA) is 48.1 Å². The fourth-order valence-electron chi connectivity index (χ4n) is 0.680. The molecule has 1 aromatic heterocycles. The first-order valence-corrected chi connectivity index (χ1v) is 3.75. The third-order valence-electron chi connectivity index (χ3n) is 1.38. The maximum Gasteiger partial charge on any atom is 0.293 e. The van der Waals surface area contributed by atoms with Gasteiger partial charge < -0.3 is 10.5 Å². The van der Waals surface area contributed by atoms with Gasteiger partial charge in [-0.05, 0) is 12.1 Å². The molecule has 0 radical (unpaired) electrons. The second-order valence-electron chi connectivity index (χ2n) is 2.54. The highest BCUT2D eigenvalue weighted by Gasteiger charge is 2.27. The Balaban J connectivity index is 2.44. The van der Waals surface area contributed by atoms with E-state index in [4.69, 9.17) is 10.5 Å². The third-order valence-corrected chi connectivity index (χ3v) is 1.38. The number of rotatable bonds is 4. The molecule has 0 saturated carbocycles. The molecule has 72 valence electrons. The van der Waals surface area contributed by atoms with Crippen LogP contribution < -0.4 is 10.5 Å². The maximum absolute atomic E-state index is 12.6. The lowest BCUT2D eigenvalue weighted by molar-refractivity contribution is -0.0320. The zero-order valence-corrected chi connectivity index (χ0v) is 6.91. The number of pyridine rings is 1. The van der Waals surface area contributed by atoms with E-state index in [1.165, 1.54) is 12.4 Å². The normalized spacial score (nSPS) is 11.3. The van der Waals surface area contributed by atoms with Crippen molar-refractivity contribution in [3.8, 4) is 5.75 Å². The van der Waals surface area contributed by atoms with Crippen molar-refractivity contribution in [2.75, 3.05) is 13.2 Å². The molecule has 5 heteroatoms. The number of hydrogen-bond acceptors (Lipinski definition) is 3. The molecular formula is C8H10F2N2O. The standard InChI is InChI=1S/C8H10F2N2O/c9-8(10,5-11)6-13-7-2-1-3-12-4-7/h1-4H,5-6,11H2. The molecule has 0 atom stereocenters. The molecule has 1 heterocycles. The van der Waals surface area contributed by atoms with Crippen molar-refractivity contribution in [3.63, 3.8) is 0 Å². The lowest BCUT2D eigenvalue weighted by Crippen LogP contribution is -2.34. The fraction of sp³-hybridized carbons (Fsp3) is 0.375. The summed E-state index contributed by atoms with van der Waals surface area (Å²) in [5, 5.41) is 0. The van der Waals surface area contributed by atoms with Gasteiger partial charge >= 0.3 is 0 Å². The molecule has 0 aliphatic heterocycles. The van der Waals surface area contributed by atoms with Gasteiger partial charge in [0.2, 0.25) is 0 Å². The van der Waals surface area contributed by atoms with Crippen LogP contribution in [-0.4, -0.2) is 24.1 Å². The van der Waals surface area contributed by atoms with Gasteiger partial charge in [-0.1, -0.05) is 0 Å². The molecule has 0 spiro atoms. The highest BCUT2D eigenvalue weighted by atomic mass is 19.3. The van der Waals surface area contributed by atoms with Gasteiger partial charge in [0.25, 0.3) is 5.92 Å². The van der Waals surface area contributed by atoms with Crippen LogP contribution in [0.5, 0.6) is 5.75 Å². The summed E-state index contributed by atoms with van der Waals surface area (Å²) in [5.74, 6) is -2.66. The van der Waals surface area contributed by atoms with Gasteiger partial charge in [-0.15, -0.1) is 0 Å². The summed E-state index contributed by atoms with van der Waals surface area (Å²) in [6.07, 6.45) is 2.90. The molecule has 2 N–H and O–H groups in total. The van der Waals surface area contributed by atoms with Crippen LogP contribution in [0.15, 0.2) is 24.5 Å². The zero-order valence-electron chi connectivity index (χ0n) is 6.91. The molecule has 3 nitrogen and oxygen atoms in total. The molecule has 0 amide bonds. The summed E-state index contributed by atoms with van der Waals surface area (Å²) in [7, 11) is 0. The van der Waals surface area contributed by atoms with Crippen molar-refractivity contribution in [2.45, 2.75) is 5.92 Å². The van der Waals surface area contributed by atoms with Crippen LogP contribution in [0, 0.1) is 0 Å². The van der Waals surface area contributed by atoms with Crippen molar-refractivity contribution in [1.29, 1.82) is 0 Å². The summed E-state index contributed by atoms with van der Waals surface area (Å²) in [6.45, 7) is -1.43. The van der Waals surface area contributed by atoms with E-state index < -0.39 is 19.1 Å². The third kappa shape index (κ3) is 3.33. The monoisotopic (exact) mass is 188 g/mol. The van der Waals surface area contributed by atoms with Crippen molar-refractivity contribution in [2.24, 2.45) is 5.73 Å². The minimum atomic E-state index is -2.98. The molecular weight excluding hydrogens is 178 g/mol. The van der Waals surface area contributed by atoms with Crippen LogP contribution in [0.1, 0.15) is 0 Å². The summed E-state index contributed by atoms with van der Waals surface area (Å²) in [5.41, 5.74) is 4.82. The van der Waals surface area contributed by atoms with Crippen molar-refractivity contribution >= 4 is 0 Å². The minimum Gasteiger partial charge on any atom is -0.486 e. The molecule has 0 aliphatic rings. The van der Waals surface area contributed by atoms with Gasteiger partial charge in [-0.25, -0.2) is 8.78 Å². The number of halogens is 2. The van der Waals surface area contributed by atoms with Crippen molar-refractivity contribution < 1.29 is 13.5 Å². The van der Waals surface area contributed by atoms with E-state index in [-0.39, 0.29) is 0 Å². The Kier molecular flexibility index (Phi) is 3.13. The Morgan fingerprint density at radius 3 is 2.85 bits per heavy atom. The second kappa shape index (κ2) is 4.13. The number of hydrogen-bond donors (Lipinski definition) is 1. The zero-order chi connectivity index (χ0) is 9.73. The maximum atomic E-state index is 12.6. The highest BCUT2D eigenvalue weighted by Crippen LogP contribution is 2.14. The Bertz CT molecular complexity index is 254. The first-order valence-electron chi connectivity index (χ1n) is 3.75. The van der Waals surface area contributed by atoms with Gasteiger partial charge in [-0.3, -0.25) is 4.98 Å². The second-order valence-corrected chi connectivity index (χ2v) is 2.54. The van der Waals surface area contributed by atoms with E-state index in [0.717, 1.165) is 0 Å². The van der Waals surface area contributed by atoms with Gasteiger partial charge in [0.05, 0.1) is 12.7 Å². The van der Waals surface area contributed by atoms with Crippen molar-refractivity contribution in [1.82, 2.24) is 4.98 Å².